The van der Waals surface area contributed by atoms with Crippen LogP contribution in [0.25, 0.3) is 0 Å². The molecular weight excluding hydrogens is 382 g/mol. The summed E-state index contributed by atoms with van der Waals surface area (Å²) in [6, 6.07) is 2.20. The van der Waals surface area contributed by atoms with E-state index < -0.39 is 23.3 Å². The van der Waals surface area contributed by atoms with Crippen LogP contribution in [0.3, 0.4) is 0 Å². The third-order valence-corrected chi connectivity index (χ3v) is 7.10. The Hall–Kier alpha value is -2.38. The van der Waals surface area contributed by atoms with Crippen LogP contribution in [0.1, 0.15) is 38.2 Å². The van der Waals surface area contributed by atoms with E-state index in [1.807, 2.05) is 11.8 Å². The Kier molecular flexibility index (Phi) is 4.05. The molecule has 156 valence electrons. The number of carbonyl (C=O) groups is 2. The maximum absolute atomic E-state index is 14.1. The predicted octanol–water partition coefficient (Wildman–Crippen LogP) is 2.79. The van der Waals surface area contributed by atoms with E-state index in [-0.39, 0.29) is 29.0 Å². The van der Waals surface area contributed by atoms with Gasteiger partial charge in [0, 0.05) is 43.0 Å². The van der Waals surface area contributed by atoms with Crippen LogP contribution in [0.4, 0.5) is 13.6 Å². The summed E-state index contributed by atoms with van der Waals surface area (Å²) in [5.74, 6) is -0.864. The van der Waals surface area contributed by atoms with Crippen LogP contribution in [0, 0.1) is 23.5 Å². The van der Waals surface area contributed by atoms with Crippen LogP contribution in [-0.2, 0) is 16.0 Å². The van der Waals surface area contributed by atoms with E-state index in [1.54, 1.807) is 0 Å². The Bertz CT molecular complexity index is 878. The highest BCUT2D eigenvalue weighted by Crippen LogP contribution is 2.45. The molecule has 1 atom stereocenters. The molecule has 1 saturated carbocycles. The van der Waals surface area contributed by atoms with Crippen molar-refractivity contribution in [1.82, 2.24) is 10.2 Å². The van der Waals surface area contributed by atoms with Crippen LogP contribution in [0.15, 0.2) is 12.1 Å². The zero-order valence-corrected chi connectivity index (χ0v) is 16.3. The number of likely N-dealkylation sites (tertiary alicyclic amines) is 1. The molecular formula is C21H24F2N2O4. The quantitative estimate of drug-likeness (QED) is 0.820. The van der Waals surface area contributed by atoms with Gasteiger partial charge in [-0.15, -0.1) is 0 Å². The number of benzene rings is 1. The molecule has 0 radical (unpaired) electrons. The van der Waals surface area contributed by atoms with Crippen LogP contribution in [-0.4, -0.2) is 47.7 Å². The minimum Gasteiger partial charge on any atom is -0.484 e. The normalized spacial score (nSPS) is 33.7. The third-order valence-electron chi connectivity index (χ3n) is 7.10. The first-order chi connectivity index (χ1) is 13.8. The van der Waals surface area contributed by atoms with Crippen LogP contribution < -0.4 is 10.1 Å². The molecule has 1 spiro atoms. The van der Waals surface area contributed by atoms with Crippen LogP contribution in [0.5, 0.6) is 5.75 Å². The zero-order valence-electron chi connectivity index (χ0n) is 16.3. The van der Waals surface area contributed by atoms with Gasteiger partial charge in [0.1, 0.15) is 18.0 Å². The summed E-state index contributed by atoms with van der Waals surface area (Å²) in [6.45, 7) is 3.54. The van der Waals surface area contributed by atoms with Gasteiger partial charge in [0.15, 0.2) is 11.6 Å². The van der Waals surface area contributed by atoms with Crippen LogP contribution in [0.2, 0.25) is 0 Å². The van der Waals surface area contributed by atoms with Gasteiger partial charge in [0.25, 0.3) is 0 Å². The van der Waals surface area contributed by atoms with Crippen molar-refractivity contribution in [3.63, 3.8) is 0 Å². The van der Waals surface area contributed by atoms with Crippen molar-refractivity contribution in [3.8, 4) is 5.75 Å². The monoisotopic (exact) mass is 406 g/mol. The van der Waals surface area contributed by atoms with Gasteiger partial charge in [-0.25, -0.2) is 13.6 Å². The molecule has 3 heterocycles. The van der Waals surface area contributed by atoms with Crippen LogP contribution >= 0.6 is 0 Å². The second kappa shape index (κ2) is 6.31. The number of piperidine rings is 1. The van der Waals surface area contributed by atoms with Crippen molar-refractivity contribution in [3.05, 3.63) is 29.3 Å². The third kappa shape index (κ3) is 3.04. The van der Waals surface area contributed by atoms with Gasteiger partial charge in [0.05, 0.1) is 5.54 Å². The first-order valence-electron chi connectivity index (χ1n) is 10.2. The molecule has 3 fully saturated rings. The highest BCUT2D eigenvalue weighted by molar-refractivity contribution is 5.81. The van der Waals surface area contributed by atoms with E-state index >= 15 is 0 Å². The fourth-order valence-corrected chi connectivity index (χ4v) is 5.47. The molecule has 0 aromatic heterocycles. The van der Waals surface area contributed by atoms with E-state index in [0.717, 1.165) is 18.9 Å². The number of hydrogen-bond acceptors (Lipinski definition) is 4. The average molecular weight is 406 g/mol. The molecule has 5 rings (SSSR count). The van der Waals surface area contributed by atoms with Gasteiger partial charge in [-0.2, -0.15) is 0 Å². The number of nitrogens with zero attached hydrogens (tertiary/aromatic N) is 1. The maximum Gasteiger partial charge on any atom is 0.407 e. The Balaban J connectivity index is 1.18. The Morgan fingerprint density at radius 1 is 1.24 bits per heavy atom. The molecule has 3 aliphatic heterocycles. The van der Waals surface area contributed by atoms with Gasteiger partial charge in [-0.05, 0) is 38.7 Å². The van der Waals surface area contributed by atoms with Gasteiger partial charge < -0.3 is 19.7 Å². The number of rotatable bonds is 2. The lowest BCUT2D eigenvalue weighted by Gasteiger charge is -2.46. The maximum atomic E-state index is 14.1. The number of halogens is 2. The van der Waals surface area contributed by atoms with E-state index in [1.165, 1.54) is 6.07 Å². The summed E-state index contributed by atoms with van der Waals surface area (Å²) in [7, 11) is 0. The summed E-state index contributed by atoms with van der Waals surface area (Å²) >= 11 is 0. The Morgan fingerprint density at radius 2 is 1.97 bits per heavy atom. The lowest BCUT2D eigenvalue weighted by molar-refractivity contribution is -0.143. The highest BCUT2D eigenvalue weighted by Gasteiger charge is 2.54. The minimum atomic E-state index is -0.654. The second-order valence-corrected chi connectivity index (χ2v) is 9.15. The second-order valence-electron chi connectivity index (χ2n) is 9.15. The van der Waals surface area contributed by atoms with Crippen molar-refractivity contribution in [2.75, 3.05) is 19.7 Å². The molecule has 0 bridgehead atoms. The van der Waals surface area contributed by atoms with Crippen molar-refractivity contribution in [2.24, 2.45) is 11.8 Å². The van der Waals surface area contributed by atoms with E-state index in [0.29, 0.717) is 44.5 Å². The number of fused-ring (bicyclic) bond motifs is 1. The molecule has 1 unspecified atom stereocenters. The summed E-state index contributed by atoms with van der Waals surface area (Å²) in [5.41, 5.74) is -0.367. The summed E-state index contributed by atoms with van der Waals surface area (Å²) in [5, 5.41) is 2.82. The highest BCUT2D eigenvalue weighted by atomic mass is 19.1. The van der Waals surface area contributed by atoms with Gasteiger partial charge >= 0.3 is 6.09 Å². The number of ether oxygens (including phenoxy) is 2. The smallest absolute Gasteiger partial charge is 0.407 e. The van der Waals surface area contributed by atoms with E-state index in [9.17, 15) is 18.4 Å². The van der Waals surface area contributed by atoms with Crippen molar-refractivity contribution >= 4 is 12.0 Å². The zero-order chi connectivity index (χ0) is 20.4. The summed E-state index contributed by atoms with van der Waals surface area (Å²) < 4.78 is 38.5. The molecule has 4 aliphatic rings. The molecule has 8 heteroatoms. The topological polar surface area (TPSA) is 67.9 Å². The average Bonchev–Trinajstić information content (AvgIpc) is 3.21. The van der Waals surface area contributed by atoms with Gasteiger partial charge in [0.2, 0.25) is 5.91 Å². The van der Waals surface area contributed by atoms with Crippen molar-refractivity contribution in [2.45, 2.75) is 50.2 Å². The van der Waals surface area contributed by atoms with E-state index in [4.69, 9.17) is 9.47 Å². The first kappa shape index (κ1) is 18.6. The molecule has 2 amide bonds. The predicted molar refractivity (Wildman–Crippen MR) is 98.3 cm³/mol. The standard InChI is InChI=1S/C21H24F2N2O4/c1-20(8-12-6-15(22)7-16(23)17(12)29-20)14-2-4-25(5-3-14)18(26)13-9-21(10-13)11-28-19(27)24-21/h6-7,13-14H,2-5,8-11H2,1H3,(H,24,27)/t13-,20?,21-. The summed E-state index contributed by atoms with van der Waals surface area (Å²) in [6.07, 6.45) is 2.84. The number of alkyl carbamates (subject to hydrolysis) is 1. The lowest BCUT2D eigenvalue weighted by atomic mass is 9.68. The lowest BCUT2D eigenvalue weighted by Crippen LogP contribution is -2.59. The van der Waals surface area contributed by atoms with E-state index in [2.05, 4.69) is 5.32 Å². The first-order valence-corrected chi connectivity index (χ1v) is 10.2. The molecule has 1 aromatic carbocycles. The molecule has 2 saturated heterocycles. The van der Waals surface area contributed by atoms with Crippen molar-refractivity contribution < 1.29 is 27.8 Å². The Morgan fingerprint density at radius 3 is 2.62 bits per heavy atom. The SMILES string of the molecule is CC1(C2CCN(C(=O)[C@H]3C[C@@]4(COC(=O)N4)C3)CC2)Cc2cc(F)cc(F)c2O1. The Labute approximate surface area is 167 Å². The number of cyclic esters (lactones) is 1. The van der Waals surface area contributed by atoms with Gasteiger partial charge in [-0.1, -0.05) is 0 Å². The fraction of sp³-hybridized carbons (Fsp3) is 0.619. The largest absolute Gasteiger partial charge is 0.484 e. The van der Waals surface area contributed by atoms with Crippen molar-refractivity contribution in [1.29, 1.82) is 0 Å². The summed E-state index contributed by atoms with van der Waals surface area (Å²) in [4.78, 5) is 26.0. The fourth-order valence-electron chi connectivity index (χ4n) is 5.47. The number of carbonyl (C=O) groups excluding carboxylic acids is 2. The molecule has 1 aromatic rings. The number of nitrogens with one attached hydrogen (secondary N) is 1. The molecule has 29 heavy (non-hydrogen) atoms. The molecule has 1 N–H and O–H groups in total. The number of amides is 2. The van der Waals surface area contributed by atoms with Gasteiger partial charge in [-0.3, -0.25) is 4.79 Å². The number of hydrogen-bond donors (Lipinski definition) is 1. The minimum absolute atomic E-state index is 0.0757. The molecule has 6 nitrogen and oxygen atoms in total. The molecule has 1 aliphatic carbocycles.